The summed E-state index contributed by atoms with van der Waals surface area (Å²) in [5.74, 6) is 0.657. The predicted octanol–water partition coefficient (Wildman–Crippen LogP) is 6.60. The van der Waals surface area contributed by atoms with E-state index in [-0.39, 0.29) is 6.04 Å². The van der Waals surface area contributed by atoms with Crippen LogP contribution in [0, 0.1) is 0 Å². The van der Waals surface area contributed by atoms with Gasteiger partial charge in [0, 0.05) is 25.2 Å². The molecule has 42 heavy (non-hydrogen) atoms. The van der Waals surface area contributed by atoms with Gasteiger partial charge < -0.3 is 10.2 Å². The van der Waals surface area contributed by atoms with Crippen LogP contribution < -0.4 is 10.2 Å². The molecule has 0 bridgehead atoms. The first kappa shape index (κ1) is 26.1. The summed E-state index contributed by atoms with van der Waals surface area (Å²) in [6, 6.07) is 47.2. The van der Waals surface area contributed by atoms with E-state index in [1.54, 1.807) is 0 Å². The minimum absolute atomic E-state index is 0.228. The van der Waals surface area contributed by atoms with Crippen LogP contribution in [0.3, 0.4) is 0 Å². The highest BCUT2D eigenvalue weighted by atomic mass is 15.6. The molecular weight excluding hydrogens is 516 g/mol. The van der Waals surface area contributed by atoms with E-state index in [0.29, 0.717) is 12.0 Å². The molecule has 1 aliphatic rings. The Morgan fingerprint density at radius 2 is 1.29 bits per heavy atom. The van der Waals surface area contributed by atoms with Gasteiger partial charge in [-0.25, -0.2) is 0 Å². The van der Waals surface area contributed by atoms with Crippen LogP contribution in [-0.4, -0.2) is 39.3 Å². The van der Waals surface area contributed by atoms with Crippen LogP contribution in [0.1, 0.15) is 41.6 Å². The van der Waals surface area contributed by atoms with Crippen molar-refractivity contribution >= 4 is 16.7 Å². The van der Waals surface area contributed by atoms with E-state index >= 15 is 0 Å². The quantitative estimate of drug-likeness (QED) is 0.217. The lowest BCUT2D eigenvalue weighted by Gasteiger charge is -2.34. The topological polar surface area (TPSA) is 58.9 Å². The first-order valence-corrected chi connectivity index (χ1v) is 14.7. The summed E-state index contributed by atoms with van der Waals surface area (Å²) >= 11 is 0. The number of hydrogen-bond acceptors (Lipinski definition) is 5. The van der Waals surface area contributed by atoms with Gasteiger partial charge in [0.05, 0.1) is 0 Å². The maximum Gasteiger partial charge on any atom is 0.266 e. The summed E-state index contributed by atoms with van der Waals surface area (Å²) < 4.78 is 0. The highest BCUT2D eigenvalue weighted by molar-refractivity contribution is 5.86. The fraction of sp³-hybridized carbons (Fsp3) is 0.194. The van der Waals surface area contributed by atoms with E-state index in [0.717, 1.165) is 36.2 Å². The van der Waals surface area contributed by atoms with Crippen molar-refractivity contribution < 1.29 is 0 Å². The minimum Gasteiger partial charge on any atom is -0.337 e. The van der Waals surface area contributed by atoms with Crippen LogP contribution >= 0.6 is 0 Å². The molecule has 0 spiro atoms. The van der Waals surface area contributed by atoms with E-state index in [2.05, 4.69) is 138 Å². The summed E-state index contributed by atoms with van der Waals surface area (Å²) in [6.45, 7) is 3.96. The molecule has 1 aliphatic heterocycles. The van der Waals surface area contributed by atoms with Crippen molar-refractivity contribution in [2.24, 2.45) is 0 Å². The Labute approximate surface area is 246 Å². The Morgan fingerprint density at radius 1 is 0.714 bits per heavy atom. The lowest BCUT2D eigenvalue weighted by molar-refractivity contribution is 0.395. The van der Waals surface area contributed by atoms with Crippen molar-refractivity contribution in [3.05, 3.63) is 156 Å². The lowest BCUT2D eigenvalue weighted by atomic mass is 9.77. The van der Waals surface area contributed by atoms with Gasteiger partial charge in [-0.1, -0.05) is 139 Å². The van der Waals surface area contributed by atoms with Gasteiger partial charge in [0.2, 0.25) is 0 Å². The number of benzene rings is 5. The van der Waals surface area contributed by atoms with Gasteiger partial charge in [-0.2, -0.15) is 0 Å². The van der Waals surface area contributed by atoms with Crippen molar-refractivity contribution in [3.63, 3.8) is 0 Å². The average molecular weight is 551 g/mol. The van der Waals surface area contributed by atoms with Crippen molar-refractivity contribution in [3.8, 4) is 0 Å². The van der Waals surface area contributed by atoms with Gasteiger partial charge in [0.1, 0.15) is 0 Å². The fourth-order valence-electron chi connectivity index (χ4n) is 6.51. The summed E-state index contributed by atoms with van der Waals surface area (Å²) in [7, 11) is 0. The molecule has 5 aromatic carbocycles. The standard InChI is InChI=1S/C36H34N6/c1-27(33-23-13-15-28-14-11-12-22-34(28)33)37-32-24-25-41(26-32)35-38-40-42(39-35)36(29-16-5-2-6-17-29,30-18-7-3-8-19-30)31-20-9-4-10-21-31/h2-23,27,32,37H,24-26H2,1H3/t27-,32?/m1/s1. The number of fused-ring (bicyclic) bond motifs is 1. The Hall–Kier alpha value is -4.81. The van der Waals surface area contributed by atoms with Gasteiger partial charge in [-0.05, 0) is 51.6 Å². The summed E-state index contributed by atoms with van der Waals surface area (Å²) in [4.78, 5) is 4.06. The van der Waals surface area contributed by atoms with E-state index in [1.807, 2.05) is 23.0 Å². The highest BCUT2D eigenvalue weighted by Crippen LogP contribution is 2.40. The van der Waals surface area contributed by atoms with Crippen LogP contribution in [0.15, 0.2) is 133 Å². The highest BCUT2D eigenvalue weighted by Gasteiger charge is 2.41. The zero-order chi connectivity index (χ0) is 28.4. The van der Waals surface area contributed by atoms with Gasteiger partial charge >= 0.3 is 0 Å². The predicted molar refractivity (Wildman–Crippen MR) is 169 cm³/mol. The smallest absolute Gasteiger partial charge is 0.266 e. The second kappa shape index (κ2) is 11.2. The van der Waals surface area contributed by atoms with Gasteiger partial charge in [-0.15, -0.1) is 9.90 Å². The second-order valence-corrected chi connectivity index (χ2v) is 11.1. The first-order chi connectivity index (χ1) is 20.7. The lowest BCUT2D eigenvalue weighted by Crippen LogP contribution is -2.40. The van der Waals surface area contributed by atoms with Crippen molar-refractivity contribution in [1.29, 1.82) is 0 Å². The number of anilines is 1. The zero-order valence-corrected chi connectivity index (χ0v) is 23.7. The van der Waals surface area contributed by atoms with Crippen LogP contribution in [0.5, 0.6) is 0 Å². The number of rotatable bonds is 8. The van der Waals surface area contributed by atoms with Crippen molar-refractivity contribution in [2.75, 3.05) is 18.0 Å². The Bertz CT molecular complexity index is 1670. The Morgan fingerprint density at radius 3 is 1.93 bits per heavy atom. The van der Waals surface area contributed by atoms with E-state index in [4.69, 9.17) is 10.3 Å². The molecule has 0 saturated carbocycles. The monoisotopic (exact) mass is 550 g/mol. The number of nitrogens with one attached hydrogen (secondary N) is 1. The summed E-state index contributed by atoms with van der Waals surface area (Å²) in [5.41, 5.74) is 3.80. The van der Waals surface area contributed by atoms with E-state index in [1.165, 1.54) is 16.3 Å². The number of hydrogen-bond donors (Lipinski definition) is 1. The maximum absolute atomic E-state index is 5.10. The molecule has 6 aromatic rings. The molecule has 208 valence electrons. The fourth-order valence-corrected chi connectivity index (χ4v) is 6.51. The molecule has 6 nitrogen and oxygen atoms in total. The normalized spacial score (nSPS) is 16.1. The Balaban J connectivity index is 1.20. The average Bonchev–Trinajstić information content (AvgIpc) is 3.73. The summed E-state index contributed by atoms with van der Waals surface area (Å²) in [6.07, 6.45) is 1.02. The van der Waals surface area contributed by atoms with Crippen LogP contribution in [0.25, 0.3) is 10.8 Å². The number of tetrazole rings is 1. The summed E-state index contributed by atoms with van der Waals surface area (Å²) in [5, 5.41) is 20.9. The Kier molecular flexibility index (Phi) is 6.98. The number of nitrogens with zero attached hydrogens (tertiary/aromatic N) is 5. The molecule has 1 fully saturated rings. The van der Waals surface area contributed by atoms with E-state index < -0.39 is 5.54 Å². The van der Waals surface area contributed by atoms with E-state index in [9.17, 15) is 0 Å². The van der Waals surface area contributed by atoms with Gasteiger partial charge in [0.25, 0.3) is 5.95 Å². The maximum atomic E-state index is 5.10. The van der Waals surface area contributed by atoms with Crippen molar-refractivity contribution in [1.82, 2.24) is 25.5 Å². The molecule has 1 saturated heterocycles. The largest absolute Gasteiger partial charge is 0.337 e. The van der Waals surface area contributed by atoms with Gasteiger partial charge in [0.15, 0.2) is 5.54 Å². The third kappa shape index (κ3) is 4.64. The molecule has 2 heterocycles. The van der Waals surface area contributed by atoms with Crippen LogP contribution in [0.2, 0.25) is 0 Å². The number of aromatic nitrogens is 4. The van der Waals surface area contributed by atoms with Crippen LogP contribution in [-0.2, 0) is 5.54 Å². The SMILES string of the molecule is C[C@@H](NC1CCN(c2nnn(C(c3ccccc3)(c3ccccc3)c3ccccc3)n2)C1)c1cccc2ccccc12. The first-order valence-electron chi connectivity index (χ1n) is 14.7. The zero-order valence-electron chi connectivity index (χ0n) is 23.7. The molecule has 0 aliphatic carbocycles. The third-order valence-corrected chi connectivity index (χ3v) is 8.52. The third-order valence-electron chi connectivity index (χ3n) is 8.52. The molecule has 2 atom stereocenters. The van der Waals surface area contributed by atoms with Crippen LogP contribution in [0.4, 0.5) is 5.95 Å². The van der Waals surface area contributed by atoms with Gasteiger partial charge in [-0.3, -0.25) is 0 Å². The molecular formula is C36H34N6. The molecule has 1 unspecified atom stereocenters. The molecule has 0 radical (unpaired) electrons. The molecule has 6 heteroatoms. The minimum atomic E-state index is -0.769. The van der Waals surface area contributed by atoms with Crippen molar-refractivity contribution in [2.45, 2.75) is 31.0 Å². The molecule has 7 rings (SSSR count). The molecule has 1 N–H and O–H groups in total. The second-order valence-electron chi connectivity index (χ2n) is 11.1. The molecule has 1 aromatic heterocycles. The molecule has 0 amide bonds.